The van der Waals surface area contributed by atoms with Crippen LogP contribution in [0.5, 0.6) is 0 Å². The summed E-state index contributed by atoms with van der Waals surface area (Å²) < 4.78 is 17.8. The third-order valence-corrected chi connectivity index (χ3v) is 19.8. The minimum Gasteiger partial charge on any atom is -0.399 e. The van der Waals surface area contributed by atoms with Gasteiger partial charge in [0.1, 0.15) is 15.9 Å². The van der Waals surface area contributed by atoms with Gasteiger partial charge in [0.15, 0.2) is 0 Å². The molecule has 1 fully saturated rings. The van der Waals surface area contributed by atoms with E-state index in [0.717, 1.165) is 127 Å². The first-order chi connectivity index (χ1) is 48.0. The third kappa shape index (κ3) is 10.8. The van der Waals surface area contributed by atoms with Crippen LogP contribution in [0.2, 0.25) is 0 Å². The van der Waals surface area contributed by atoms with Crippen LogP contribution in [0.15, 0.2) is 308 Å². The molecule has 0 saturated carbocycles. The Balaban J connectivity index is 0.000000116. The number of aromatic nitrogens is 8. The van der Waals surface area contributed by atoms with Crippen LogP contribution in [0.3, 0.4) is 0 Å². The van der Waals surface area contributed by atoms with Crippen LogP contribution >= 0.6 is 15.9 Å². The molecule has 0 unspecified atom stereocenters. The molecule has 0 radical (unpaired) electrons. The summed E-state index contributed by atoms with van der Waals surface area (Å²) in [5.74, 6) is 0. The molecule has 12 heteroatoms. The first kappa shape index (κ1) is 60.2. The average molecular weight is 1330 g/mol. The first-order valence-corrected chi connectivity index (χ1v) is 33.8. The molecule has 0 aliphatic carbocycles. The lowest BCUT2D eigenvalue weighted by molar-refractivity contribution is 0.00578. The fraction of sp³-hybridized carbons (Fsp3) is 0.0698. The van der Waals surface area contributed by atoms with Crippen molar-refractivity contribution in [1.29, 1.82) is 0 Å². The zero-order valence-electron chi connectivity index (χ0n) is 54.3. The van der Waals surface area contributed by atoms with E-state index in [9.17, 15) is 0 Å². The van der Waals surface area contributed by atoms with Gasteiger partial charge >= 0.3 is 7.12 Å². The van der Waals surface area contributed by atoms with E-state index in [0.29, 0.717) is 0 Å². The zero-order valence-corrected chi connectivity index (χ0v) is 55.9. The summed E-state index contributed by atoms with van der Waals surface area (Å²) >= 11 is 3.59. The number of benzene rings is 10. The summed E-state index contributed by atoms with van der Waals surface area (Å²) in [6.45, 7) is 8.31. The van der Waals surface area contributed by atoms with Gasteiger partial charge < -0.3 is 19.3 Å². The van der Waals surface area contributed by atoms with Gasteiger partial charge in [0.25, 0.3) is 0 Å². The lowest BCUT2D eigenvalue weighted by Crippen LogP contribution is -2.41. The number of hydrogen-bond acceptors (Lipinski definition) is 6. The van der Waals surface area contributed by atoms with E-state index in [1.54, 1.807) is 0 Å². The standard InChI is InChI=1S/C40H26N4.C23H23BN2O2.C23H15BrN2/c1-2-11-26(12-3-1)28-24-36(42-37(25-28)34-18-9-17-32-30-15-4-6-20-35(30)43-39(32)34)27-13-8-14-29(23-27)44-38-21-7-5-16-31(38)33-19-10-22-41-40(33)44;1-22(2)23(3,4)28-24(27-22)16-9-7-10-17(15-16)26-20-13-6-5-11-18(20)19-12-8-14-25-21(19)26;24-22-14-16(15-7-2-1-3-8-15)13-21(25-22)19-11-6-10-18-17-9-4-5-12-20(17)26-23(18)19/h1-25,43H;5-15H,1-4H3;1-14,26H. The number of para-hydroxylation sites is 6. The van der Waals surface area contributed by atoms with Gasteiger partial charge in [0.05, 0.1) is 50.4 Å². The maximum atomic E-state index is 6.25. The van der Waals surface area contributed by atoms with Crippen molar-refractivity contribution in [3.05, 3.63) is 308 Å². The number of nitrogens with one attached hydrogen (secondary N) is 2. The Morgan fingerprint density at radius 2 is 0.765 bits per heavy atom. The van der Waals surface area contributed by atoms with Gasteiger partial charge in [-0.3, -0.25) is 9.13 Å². The number of fused-ring (bicyclic) bond motifs is 12. The summed E-state index contributed by atoms with van der Waals surface area (Å²) in [5, 5.41) is 9.57. The molecule has 0 atom stereocenters. The van der Waals surface area contributed by atoms with Crippen LogP contribution in [-0.2, 0) is 9.31 Å². The molecule has 18 aromatic rings. The monoisotopic (exact) mass is 1330 g/mol. The number of hydrogen-bond donors (Lipinski definition) is 2. The minimum absolute atomic E-state index is 0.359. The molecule has 10 aromatic carbocycles. The van der Waals surface area contributed by atoms with Crippen LogP contribution in [0.4, 0.5) is 0 Å². The fourth-order valence-electron chi connectivity index (χ4n) is 13.9. The Labute approximate surface area is 575 Å². The third-order valence-electron chi connectivity index (χ3n) is 19.4. The van der Waals surface area contributed by atoms with Gasteiger partial charge in [0.2, 0.25) is 0 Å². The molecule has 470 valence electrons. The van der Waals surface area contributed by atoms with Crippen LogP contribution in [0.1, 0.15) is 27.7 Å². The van der Waals surface area contributed by atoms with Crippen molar-refractivity contribution in [2.45, 2.75) is 38.9 Å². The fourth-order valence-corrected chi connectivity index (χ4v) is 14.4. The van der Waals surface area contributed by atoms with Crippen molar-refractivity contribution in [1.82, 2.24) is 39.0 Å². The largest absolute Gasteiger partial charge is 0.494 e. The van der Waals surface area contributed by atoms with Crippen LogP contribution in [0.25, 0.3) is 155 Å². The van der Waals surface area contributed by atoms with Crippen molar-refractivity contribution in [2.75, 3.05) is 0 Å². The molecular formula is C86H64BBrN8O2. The zero-order chi connectivity index (χ0) is 66.1. The number of rotatable bonds is 8. The number of H-pyrrole nitrogens is 2. The predicted molar refractivity (Wildman–Crippen MR) is 409 cm³/mol. The number of halogens is 1. The van der Waals surface area contributed by atoms with Gasteiger partial charge in [-0.1, -0.05) is 194 Å². The highest BCUT2D eigenvalue weighted by molar-refractivity contribution is 9.10. The van der Waals surface area contributed by atoms with Crippen molar-refractivity contribution < 1.29 is 9.31 Å². The topological polar surface area (TPSA) is 111 Å². The second-order valence-corrected chi connectivity index (χ2v) is 26.7. The SMILES string of the molecule is Brc1cc(-c2ccccc2)cc(-c2cccc3c2[nH]c2ccccc23)n1.CC1(C)OB(c2cccc(-n3c4ccccc4c4cccnc43)c2)OC1(C)C.c1ccc(-c2cc(-c3cccc(-n4c5ccccc5c5cccnc54)c3)nc(-c3cccc4c3[nH]c3ccccc34)c2)cc1. The van der Waals surface area contributed by atoms with Gasteiger partial charge in [-0.25, -0.2) is 19.9 Å². The smallest absolute Gasteiger partial charge is 0.399 e. The molecule has 0 amide bonds. The summed E-state index contributed by atoms with van der Waals surface area (Å²) in [7, 11) is -0.383. The van der Waals surface area contributed by atoms with Crippen molar-refractivity contribution >= 4 is 116 Å². The summed E-state index contributed by atoms with van der Waals surface area (Å²) in [6, 6.07) is 101. The van der Waals surface area contributed by atoms with E-state index < -0.39 is 0 Å². The molecule has 0 bridgehead atoms. The highest BCUT2D eigenvalue weighted by Gasteiger charge is 2.51. The van der Waals surface area contributed by atoms with E-state index in [2.05, 4.69) is 341 Å². The maximum absolute atomic E-state index is 6.25. The van der Waals surface area contributed by atoms with Gasteiger partial charge in [0, 0.05) is 94.6 Å². The Hall–Kier alpha value is -11.5. The average Bonchev–Trinajstić information content (AvgIpc) is 1.59. The second-order valence-electron chi connectivity index (χ2n) is 25.9. The molecular weight excluding hydrogens is 1270 g/mol. The summed E-state index contributed by atoms with van der Waals surface area (Å²) in [6.07, 6.45) is 3.71. The minimum atomic E-state index is -0.383. The normalized spacial score (nSPS) is 13.4. The van der Waals surface area contributed by atoms with E-state index in [1.807, 2.05) is 30.6 Å². The lowest BCUT2D eigenvalue weighted by atomic mass is 9.79. The quantitative estimate of drug-likeness (QED) is 0.116. The highest BCUT2D eigenvalue weighted by Crippen LogP contribution is 2.41. The van der Waals surface area contributed by atoms with E-state index in [1.165, 1.54) is 37.9 Å². The van der Waals surface area contributed by atoms with Crippen molar-refractivity contribution in [3.8, 4) is 67.4 Å². The number of aromatic amines is 2. The number of nitrogens with zero attached hydrogens (tertiary/aromatic N) is 6. The molecule has 0 spiro atoms. The highest BCUT2D eigenvalue weighted by atomic mass is 79.9. The lowest BCUT2D eigenvalue weighted by Gasteiger charge is -2.32. The Morgan fingerprint density at radius 3 is 1.32 bits per heavy atom. The Bertz CT molecular complexity index is 5950. The first-order valence-electron chi connectivity index (χ1n) is 33.0. The maximum Gasteiger partial charge on any atom is 0.494 e. The van der Waals surface area contributed by atoms with Crippen molar-refractivity contribution in [2.24, 2.45) is 0 Å². The van der Waals surface area contributed by atoms with E-state index in [-0.39, 0.29) is 18.3 Å². The molecule has 1 aliphatic heterocycles. The Kier molecular flexibility index (Phi) is 15.1. The molecule has 1 saturated heterocycles. The predicted octanol–water partition coefficient (Wildman–Crippen LogP) is 21.5. The van der Waals surface area contributed by atoms with E-state index >= 15 is 0 Å². The van der Waals surface area contributed by atoms with Gasteiger partial charge in [-0.05, 0) is 168 Å². The van der Waals surface area contributed by atoms with Crippen LogP contribution in [0, 0.1) is 0 Å². The van der Waals surface area contributed by atoms with Crippen molar-refractivity contribution in [3.63, 3.8) is 0 Å². The van der Waals surface area contributed by atoms with Crippen LogP contribution in [-0.4, -0.2) is 57.4 Å². The Morgan fingerprint density at radius 1 is 0.347 bits per heavy atom. The molecule has 1 aliphatic rings. The molecule has 10 nitrogen and oxygen atoms in total. The summed E-state index contributed by atoms with van der Waals surface area (Å²) in [5.41, 5.74) is 21.7. The summed E-state index contributed by atoms with van der Waals surface area (Å²) in [4.78, 5) is 26.8. The number of pyridine rings is 4. The van der Waals surface area contributed by atoms with E-state index in [4.69, 9.17) is 24.3 Å². The molecule has 2 N–H and O–H groups in total. The molecule has 98 heavy (non-hydrogen) atoms. The second kappa shape index (κ2) is 24.6. The van der Waals surface area contributed by atoms with Gasteiger partial charge in [-0.15, -0.1) is 0 Å². The molecule has 8 aromatic heterocycles. The van der Waals surface area contributed by atoms with Crippen LogP contribution < -0.4 is 5.46 Å². The van der Waals surface area contributed by atoms with Gasteiger partial charge in [-0.2, -0.15) is 0 Å². The molecule has 19 rings (SSSR count). The molecule has 9 heterocycles.